The van der Waals surface area contributed by atoms with E-state index in [4.69, 9.17) is 11.6 Å². The van der Waals surface area contributed by atoms with Crippen LogP contribution in [0.4, 0.5) is 0 Å². The molecule has 148 valence electrons. The molecule has 29 heavy (non-hydrogen) atoms. The topological polar surface area (TPSA) is 40.4 Å². The van der Waals surface area contributed by atoms with Gasteiger partial charge >= 0.3 is 0 Å². The smallest absolute Gasteiger partial charge is 0.241 e. The number of carbonyl (C=O) groups is 1. The SMILES string of the molecule is CN(C)C(=O)C1C(c2ccc(Cl)cc2)N1P(=O)(c1ccccc1)c1ccccc1. The van der Waals surface area contributed by atoms with Crippen LogP contribution in [0, 0.1) is 0 Å². The number of hydrogen-bond donors (Lipinski definition) is 0. The lowest BCUT2D eigenvalue weighted by Gasteiger charge is -2.22. The first kappa shape index (κ1) is 19.9. The van der Waals surface area contributed by atoms with Crippen molar-refractivity contribution in [1.29, 1.82) is 0 Å². The Balaban J connectivity index is 1.87. The van der Waals surface area contributed by atoms with Crippen molar-refractivity contribution in [3.8, 4) is 0 Å². The molecular formula is C23H22ClN2O2P. The van der Waals surface area contributed by atoms with E-state index in [1.807, 2.05) is 77.5 Å². The number of nitrogens with zero attached hydrogens (tertiary/aromatic N) is 2. The second-order valence-corrected chi connectivity index (χ2v) is 10.4. The van der Waals surface area contributed by atoms with Gasteiger partial charge in [0.2, 0.25) is 13.2 Å². The van der Waals surface area contributed by atoms with E-state index in [0.717, 1.165) is 16.2 Å². The molecular weight excluding hydrogens is 403 g/mol. The third kappa shape index (κ3) is 3.53. The zero-order valence-corrected chi connectivity index (χ0v) is 17.9. The molecule has 0 spiro atoms. The normalized spacial score (nSPS) is 20.9. The van der Waals surface area contributed by atoms with Crippen LogP contribution in [0.5, 0.6) is 0 Å². The molecule has 6 heteroatoms. The predicted octanol–water partition coefficient (Wildman–Crippen LogP) is 4.08. The summed E-state index contributed by atoms with van der Waals surface area (Å²) in [7, 11) is 0.245. The van der Waals surface area contributed by atoms with Crippen LogP contribution in [0.2, 0.25) is 5.02 Å². The van der Waals surface area contributed by atoms with Gasteiger partial charge in [0.25, 0.3) is 0 Å². The second-order valence-electron chi connectivity index (χ2n) is 7.30. The summed E-state index contributed by atoms with van der Waals surface area (Å²) >= 11 is 6.06. The molecule has 3 unspecified atom stereocenters. The average Bonchev–Trinajstić information content (AvgIpc) is 3.50. The molecule has 0 radical (unpaired) electrons. The Hall–Kier alpha value is -2.39. The molecule has 0 N–H and O–H groups in total. The summed E-state index contributed by atoms with van der Waals surface area (Å²) in [6.45, 7) is 0. The molecule has 4 rings (SSSR count). The second kappa shape index (κ2) is 7.79. The fourth-order valence-electron chi connectivity index (χ4n) is 3.75. The lowest BCUT2D eigenvalue weighted by Crippen LogP contribution is -2.30. The maximum Gasteiger partial charge on any atom is 0.241 e. The third-order valence-electron chi connectivity index (χ3n) is 5.22. The van der Waals surface area contributed by atoms with E-state index in [-0.39, 0.29) is 11.9 Å². The van der Waals surface area contributed by atoms with E-state index < -0.39 is 13.3 Å². The molecule has 1 amide bonds. The number of hydrogen-bond acceptors (Lipinski definition) is 2. The van der Waals surface area contributed by atoms with Gasteiger partial charge in [-0.05, 0) is 42.0 Å². The molecule has 1 saturated heterocycles. The van der Waals surface area contributed by atoms with Crippen molar-refractivity contribution in [2.24, 2.45) is 0 Å². The molecule has 4 nitrogen and oxygen atoms in total. The lowest BCUT2D eigenvalue weighted by molar-refractivity contribution is -0.128. The summed E-state index contributed by atoms with van der Waals surface area (Å²) in [5.74, 6) is -0.0583. The Morgan fingerprint density at radius 2 is 1.34 bits per heavy atom. The molecule has 1 aliphatic heterocycles. The van der Waals surface area contributed by atoms with Gasteiger partial charge in [-0.25, -0.2) is 4.67 Å². The van der Waals surface area contributed by atoms with E-state index in [2.05, 4.69) is 0 Å². The van der Waals surface area contributed by atoms with Gasteiger partial charge in [0.05, 0.1) is 6.04 Å². The number of halogens is 1. The highest BCUT2D eigenvalue weighted by Gasteiger charge is 2.62. The number of benzene rings is 3. The summed E-state index contributed by atoms with van der Waals surface area (Å²) in [6.07, 6.45) is 0. The van der Waals surface area contributed by atoms with E-state index in [0.29, 0.717) is 5.02 Å². The minimum absolute atomic E-state index is 0.0583. The zero-order chi connectivity index (χ0) is 20.6. The highest BCUT2D eigenvalue weighted by molar-refractivity contribution is 7.76. The maximum absolute atomic E-state index is 14.7. The summed E-state index contributed by atoms with van der Waals surface area (Å²) in [5.41, 5.74) is 0.932. The Labute approximate surface area is 176 Å². The largest absolute Gasteiger partial charge is 0.347 e. The monoisotopic (exact) mass is 424 g/mol. The van der Waals surface area contributed by atoms with E-state index in [1.54, 1.807) is 31.1 Å². The van der Waals surface area contributed by atoms with Gasteiger partial charge in [-0.2, -0.15) is 0 Å². The van der Waals surface area contributed by atoms with Crippen LogP contribution in [0.1, 0.15) is 11.6 Å². The fraction of sp³-hybridized carbons (Fsp3) is 0.174. The van der Waals surface area contributed by atoms with Gasteiger partial charge in [-0.15, -0.1) is 0 Å². The van der Waals surface area contributed by atoms with E-state index in [9.17, 15) is 9.36 Å². The number of likely N-dealkylation sites (N-methyl/N-ethyl adjacent to an activating group) is 1. The molecule has 0 bridgehead atoms. The van der Waals surface area contributed by atoms with Gasteiger partial charge in [0.15, 0.2) is 0 Å². The van der Waals surface area contributed by atoms with Crippen molar-refractivity contribution in [2.75, 3.05) is 14.1 Å². The molecule has 1 aliphatic rings. The Morgan fingerprint density at radius 1 is 0.862 bits per heavy atom. The molecule has 1 heterocycles. The third-order valence-corrected chi connectivity index (χ3v) is 8.62. The summed E-state index contributed by atoms with van der Waals surface area (Å²) < 4.78 is 16.6. The Kier molecular flexibility index (Phi) is 5.35. The summed E-state index contributed by atoms with van der Waals surface area (Å²) in [6, 6.07) is 25.5. The van der Waals surface area contributed by atoms with Crippen LogP contribution in [-0.4, -0.2) is 35.6 Å². The van der Waals surface area contributed by atoms with Gasteiger partial charge < -0.3 is 4.90 Å². The Bertz CT molecular complexity index is 1010. The van der Waals surface area contributed by atoms with Crippen molar-refractivity contribution < 1.29 is 9.36 Å². The van der Waals surface area contributed by atoms with Crippen LogP contribution in [0.25, 0.3) is 0 Å². The van der Waals surface area contributed by atoms with Crippen molar-refractivity contribution >= 4 is 35.4 Å². The summed E-state index contributed by atoms with van der Waals surface area (Å²) in [4.78, 5) is 14.6. The van der Waals surface area contributed by atoms with Crippen LogP contribution in [-0.2, 0) is 9.36 Å². The standard InChI is InChI=1S/C23H22ClN2O2P/c1-25(2)23(27)22-21(17-13-15-18(24)16-14-17)26(22)29(28,19-9-5-3-6-10-19)20-11-7-4-8-12-20/h3-16,21-22H,1-2H3. The predicted molar refractivity (Wildman–Crippen MR) is 118 cm³/mol. The van der Waals surface area contributed by atoms with Crippen molar-refractivity contribution in [3.63, 3.8) is 0 Å². The van der Waals surface area contributed by atoms with Crippen molar-refractivity contribution in [2.45, 2.75) is 12.1 Å². The molecule has 0 saturated carbocycles. The molecule has 1 fully saturated rings. The number of amides is 1. The van der Waals surface area contributed by atoms with E-state index in [1.165, 1.54) is 0 Å². The van der Waals surface area contributed by atoms with Crippen molar-refractivity contribution in [3.05, 3.63) is 95.5 Å². The van der Waals surface area contributed by atoms with E-state index >= 15 is 0 Å². The quantitative estimate of drug-likeness (QED) is 0.457. The number of carbonyl (C=O) groups excluding carboxylic acids is 1. The first-order chi connectivity index (χ1) is 13.9. The van der Waals surface area contributed by atoms with Crippen molar-refractivity contribution in [1.82, 2.24) is 9.57 Å². The van der Waals surface area contributed by atoms with Gasteiger partial charge in [0, 0.05) is 29.7 Å². The first-order valence-corrected chi connectivity index (χ1v) is 11.4. The maximum atomic E-state index is 14.7. The minimum Gasteiger partial charge on any atom is -0.347 e. The van der Waals surface area contributed by atoms with Gasteiger partial charge in [-0.3, -0.25) is 9.36 Å². The molecule has 3 atom stereocenters. The zero-order valence-electron chi connectivity index (χ0n) is 16.3. The number of rotatable bonds is 5. The highest BCUT2D eigenvalue weighted by atomic mass is 35.5. The van der Waals surface area contributed by atoms with Gasteiger partial charge in [0.1, 0.15) is 6.04 Å². The molecule has 0 aromatic heterocycles. The minimum atomic E-state index is -3.22. The van der Waals surface area contributed by atoms with Gasteiger partial charge in [-0.1, -0.05) is 60.1 Å². The summed E-state index contributed by atoms with van der Waals surface area (Å²) in [5, 5.41) is 2.07. The molecule has 0 aliphatic carbocycles. The van der Waals surface area contributed by atoms with Crippen LogP contribution >= 0.6 is 18.9 Å². The molecule has 3 aromatic carbocycles. The molecule has 3 aromatic rings. The lowest BCUT2D eigenvalue weighted by atomic mass is 10.1. The van der Waals surface area contributed by atoms with Crippen LogP contribution < -0.4 is 10.6 Å². The first-order valence-electron chi connectivity index (χ1n) is 9.41. The Morgan fingerprint density at radius 3 is 1.79 bits per heavy atom. The van der Waals surface area contributed by atoms with Crippen LogP contribution in [0.3, 0.4) is 0 Å². The fourth-order valence-corrected chi connectivity index (χ4v) is 6.99. The van der Waals surface area contributed by atoms with Crippen LogP contribution in [0.15, 0.2) is 84.9 Å². The average molecular weight is 425 g/mol. The highest BCUT2D eigenvalue weighted by Crippen LogP contribution is 2.64.